The third-order valence-electron chi connectivity index (χ3n) is 4.66. The van der Waals surface area contributed by atoms with Crippen LogP contribution in [-0.4, -0.2) is 72.5 Å². The fourth-order valence-electron chi connectivity index (χ4n) is 2.87. The van der Waals surface area contributed by atoms with Gasteiger partial charge in [0.25, 0.3) is 0 Å². The number of amides is 4. The van der Waals surface area contributed by atoms with Crippen molar-refractivity contribution in [2.24, 2.45) is 22.9 Å². The van der Waals surface area contributed by atoms with Gasteiger partial charge in [-0.2, -0.15) is 0 Å². The highest BCUT2D eigenvalue weighted by molar-refractivity contribution is 5.93. The molecule has 3 unspecified atom stereocenters. The molecule has 0 saturated carbocycles. The minimum atomic E-state index is -1.23. The van der Waals surface area contributed by atoms with Crippen molar-refractivity contribution in [3.63, 3.8) is 0 Å². The van der Waals surface area contributed by atoms with Gasteiger partial charge < -0.3 is 44.0 Å². The third-order valence-corrected chi connectivity index (χ3v) is 4.66. The Morgan fingerprint density at radius 3 is 1.59 bits per heavy atom. The molecule has 0 saturated heterocycles. The number of hydrogen-bond donors (Lipinski definition) is 8. The van der Waals surface area contributed by atoms with Gasteiger partial charge in [-0.1, -0.05) is 0 Å². The number of unbranched alkanes of at least 4 members (excludes halogenated alkanes) is 2. The standard InChI is InChI=1S/C19H37N7O6/c20-9-3-1-5-12(24-16(28)11-22)17(29)25-13(7-8-15(23)27)18(30)26-14(19(31)32)6-2-4-10-21/h12-14H,1-11,20-22H2,(H2,23,27)(H,24,28)(H,25,29)(H,26,30)(H,31,32). The average Bonchev–Trinajstić information content (AvgIpc) is 2.74. The molecule has 0 aliphatic rings. The van der Waals surface area contributed by atoms with Crippen molar-refractivity contribution in [1.82, 2.24) is 16.0 Å². The molecule has 0 aromatic carbocycles. The predicted octanol–water partition coefficient (Wildman–Crippen LogP) is -2.99. The van der Waals surface area contributed by atoms with Crippen LogP contribution in [-0.2, 0) is 24.0 Å². The number of aliphatic carboxylic acids is 1. The van der Waals surface area contributed by atoms with E-state index in [1.165, 1.54) is 0 Å². The molecule has 3 atom stereocenters. The zero-order valence-corrected chi connectivity index (χ0v) is 18.3. The van der Waals surface area contributed by atoms with Gasteiger partial charge in [-0.15, -0.1) is 0 Å². The molecule has 0 aliphatic heterocycles. The summed E-state index contributed by atoms with van der Waals surface area (Å²) in [4.78, 5) is 59.8. The van der Waals surface area contributed by atoms with Crippen molar-refractivity contribution in [3.05, 3.63) is 0 Å². The Balaban J connectivity index is 5.34. The van der Waals surface area contributed by atoms with Crippen LogP contribution in [0.15, 0.2) is 0 Å². The summed E-state index contributed by atoms with van der Waals surface area (Å²) in [6, 6.07) is -3.38. The second-order valence-corrected chi connectivity index (χ2v) is 7.36. The smallest absolute Gasteiger partial charge is 0.326 e. The van der Waals surface area contributed by atoms with E-state index in [1.807, 2.05) is 0 Å². The van der Waals surface area contributed by atoms with Crippen LogP contribution in [0, 0.1) is 0 Å². The number of carbonyl (C=O) groups is 5. The first-order valence-electron chi connectivity index (χ1n) is 10.7. The Bertz CT molecular complexity index is 631. The van der Waals surface area contributed by atoms with Crippen molar-refractivity contribution < 1.29 is 29.1 Å². The normalized spacial score (nSPS) is 13.5. The molecule has 0 bridgehead atoms. The largest absolute Gasteiger partial charge is 0.480 e. The summed E-state index contributed by atoms with van der Waals surface area (Å²) in [7, 11) is 0. The summed E-state index contributed by atoms with van der Waals surface area (Å²) >= 11 is 0. The number of nitrogens with one attached hydrogen (secondary N) is 3. The van der Waals surface area contributed by atoms with E-state index >= 15 is 0 Å². The summed E-state index contributed by atoms with van der Waals surface area (Å²) < 4.78 is 0. The number of carbonyl (C=O) groups excluding carboxylic acids is 4. The van der Waals surface area contributed by atoms with Crippen molar-refractivity contribution >= 4 is 29.6 Å². The molecule has 12 N–H and O–H groups in total. The van der Waals surface area contributed by atoms with Crippen LogP contribution in [0.1, 0.15) is 51.4 Å². The molecular weight excluding hydrogens is 422 g/mol. The third kappa shape index (κ3) is 12.8. The van der Waals surface area contributed by atoms with E-state index in [2.05, 4.69) is 16.0 Å². The summed E-state index contributed by atoms with van der Waals surface area (Å²) in [5.74, 6) is -3.91. The number of primary amides is 1. The number of rotatable bonds is 18. The number of carboxylic acids is 1. The Labute approximate surface area is 187 Å². The summed E-state index contributed by atoms with van der Waals surface area (Å²) in [6.45, 7) is 0.469. The van der Waals surface area contributed by atoms with Crippen LogP contribution < -0.4 is 38.9 Å². The van der Waals surface area contributed by atoms with Gasteiger partial charge in [0.2, 0.25) is 23.6 Å². The zero-order valence-electron chi connectivity index (χ0n) is 18.3. The summed E-state index contributed by atoms with van der Waals surface area (Å²) in [6.07, 6.45) is 2.31. The molecule has 0 rings (SSSR count). The lowest BCUT2D eigenvalue weighted by Crippen LogP contribution is -2.56. The maximum atomic E-state index is 12.8. The van der Waals surface area contributed by atoms with E-state index in [-0.39, 0.29) is 32.2 Å². The molecule has 13 nitrogen and oxygen atoms in total. The van der Waals surface area contributed by atoms with E-state index in [9.17, 15) is 29.1 Å². The molecule has 0 aliphatic carbocycles. The highest BCUT2D eigenvalue weighted by Gasteiger charge is 2.29. The molecule has 32 heavy (non-hydrogen) atoms. The van der Waals surface area contributed by atoms with Crippen LogP contribution in [0.3, 0.4) is 0 Å². The van der Waals surface area contributed by atoms with Crippen molar-refractivity contribution in [1.29, 1.82) is 0 Å². The lowest BCUT2D eigenvalue weighted by atomic mass is 10.0. The van der Waals surface area contributed by atoms with E-state index in [4.69, 9.17) is 22.9 Å². The SMILES string of the molecule is NCCCCC(NC(=O)C(CCC(N)=O)NC(=O)C(CCCCN)NC(=O)CN)C(=O)O. The highest BCUT2D eigenvalue weighted by atomic mass is 16.4. The molecule has 13 heteroatoms. The van der Waals surface area contributed by atoms with E-state index in [1.54, 1.807) is 0 Å². The molecule has 184 valence electrons. The second-order valence-electron chi connectivity index (χ2n) is 7.36. The quantitative estimate of drug-likeness (QED) is 0.0972. The van der Waals surface area contributed by atoms with Crippen LogP contribution in [0.25, 0.3) is 0 Å². The van der Waals surface area contributed by atoms with E-state index in [0.717, 1.165) is 0 Å². The number of nitrogens with two attached hydrogens (primary N) is 4. The molecule has 0 aromatic rings. The number of carboxylic acid groups (broad SMARTS) is 1. The molecule has 0 radical (unpaired) electrons. The summed E-state index contributed by atoms with van der Waals surface area (Å²) in [5.41, 5.74) is 21.3. The maximum Gasteiger partial charge on any atom is 0.326 e. The van der Waals surface area contributed by atoms with Gasteiger partial charge in [0.15, 0.2) is 0 Å². The van der Waals surface area contributed by atoms with Crippen molar-refractivity contribution in [3.8, 4) is 0 Å². The fraction of sp³-hybridized carbons (Fsp3) is 0.737. The molecule has 0 fully saturated rings. The van der Waals surface area contributed by atoms with E-state index < -0.39 is 47.7 Å². The molecule has 4 amide bonds. The molecule has 0 aromatic heterocycles. The second kappa shape index (κ2) is 16.9. The lowest BCUT2D eigenvalue weighted by molar-refractivity contribution is -0.142. The minimum absolute atomic E-state index is 0.137. The topological polar surface area (TPSA) is 246 Å². The van der Waals surface area contributed by atoms with Gasteiger partial charge in [-0.25, -0.2) is 4.79 Å². The van der Waals surface area contributed by atoms with Crippen LogP contribution >= 0.6 is 0 Å². The first-order valence-corrected chi connectivity index (χ1v) is 10.7. The Morgan fingerprint density at radius 2 is 1.16 bits per heavy atom. The first-order chi connectivity index (χ1) is 15.2. The van der Waals surface area contributed by atoms with Gasteiger partial charge in [-0.3, -0.25) is 19.2 Å². The van der Waals surface area contributed by atoms with Gasteiger partial charge in [-0.05, 0) is 58.0 Å². The van der Waals surface area contributed by atoms with Crippen molar-refractivity contribution in [2.45, 2.75) is 69.5 Å². The number of hydrogen-bond acceptors (Lipinski definition) is 8. The van der Waals surface area contributed by atoms with Crippen LogP contribution in [0.4, 0.5) is 0 Å². The highest BCUT2D eigenvalue weighted by Crippen LogP contribution is 2.06. The Morgan fingerprint density at radius 1 is 0.688 bits per heavy atom. The molecule has 0 heterocycles. The maximum absolute atomic E-state index is 12.8. The lowest BCUT2D eigenvalue weighted by Gasteiger charge is -2.24. The van der Waals surface area contributed by atoms with Gasteiger partial charge in [0.05, 0.1) is 6.54 Å². The van der Waals surface area contributed by atoms with Crippen LogP contribution in [0.5, 0.6) is 0 Å². The molecular formula is C19H37N7O6. The molecule has 0 spiro atoms. The minimum Gasteiger partial charge on any atom is -0.480 e. The first kappa shape index (κ1) is 29.2. The van der Waals surface area contributed by atoms with Gasteiger partial charge in [0.1, 0.15) is 18.1 Å². The Hall–Kier alpha value is -2.77. The summed E-state index contributed by atoms with van der Waals surface area (Å²) in [5, 5.41) is 16.7. The van der Waals surface area contributed by atoms with Crippen LogP contribution in [0.2, 0.25) is 0 Å². The Kier molecular flexibility index (Phi) is 15.4. The monoisotopic (exact) mass is 459 g/mol. The zero-order chi connectivity index (χ0) is 24.5. The predicted molar refractivity (Wildman–Crippen MR) is 117 cm³/mol. The van der Waals surface area contributed by atoms with Gasteiger partial charge >= 0.3 is 5.97 Å². The van der Waals surface area contributed by atoms with E-state index in [0.29, 0.717) is 38.8 Å². The fourth-order valence-corrected chi connectivity index (χ4v) is 2.87. The van der Waals surface area contributed by atoms with Crippen molar-refractivity contribution in [2.75, 3.05) is 19.6 Å². The van der Waals surface area contributed by atoms with Gasteiger partial charge in [0, 0.05) is 6.42 Å². The average molecular weight is 460 g/mol.